The van der Waals surface area contributed by atoms with Gasteiger partial charge in [0.2, 0.25) is 0 Å². The van der Waals surface area contributed by atoms with Gasteiger partial charge < -0.3 is 15.8 Å². The van der Waals surface area contributed by atoms with Crippen LogP contribution in [-0.2, 0) is 11.3 Å². The van der Waals surface area contributed by atoms with Crippen molar-refractivity contribution in [2.75, 3.05) is 24.8 Å². The molecule has 3 N–H and O–H groups in total. The molecule has 0 aliphatic rings. The van der Waals surface area contributed by atoms with E-state index in [1.807, 2.05) is 0 Å². The van der Waals surface area contributed by atoms with E-state index in [2.05, 4.69) is 15.4 Å². The molecule has 0 atom stereocenters. The van der Waals surface area contributed by atoms with Crippen LogP contribution in [0.1, 0.15) is 10.5 Å². The summed E-state index contributed by atoms with van der Waals surface area (Å²) in [6.45, 7) is 1.19. The van der Waals surface area contributed by atoms with Gasteiger partial charge in [-0.1, -0.05) is 0 Å². The second-order valence-corrected chi connectivity index (χ2v) is 3.91. The molecule has 1 amide bonds. The lowest BCUT2D eigenvalue weighted by Gasteiger charge is -2.02. The minimum atomic E-state index is -0.321. The van der Waals surface area contributed by atoms with Crippen molar-refractivity contribution in [3.63, 3.8) is 0 Å². The lowest BCUT2D eigenvalue weighted by Crippen LogP contribution is -2.13. The summed E-state index contributed by atoms with van der Waals surface area (Å²) in [5.74, 6) is -0.321. The van der Waals surface area contributed by atoms with Crippen molar-refractivity contribution in [1.29, 1.82) is 0 Å². The minimum absolute atomic E-state index is 0.268. The third-order valence-electron chi connectivity index (χ3n) is 2.43. The summed E-state index contributed by atoms with van der Waals surface area (Å²) < 4.78 is 6.63. The van der Waals surface area contributed by atoms with E-state index < -0.39 is 0 Å². The number of rotatable bonds is 5. The van der Waals surface area contributed by atoms with Crippen molar-refractivity contribution in [2.24, 2.45) is 0 Å². The number of amides is 1. The molecule has 0 aliphatic heterocycles. The molecular formula is C12H15N5O2. The second-order valence-electron chi connectivity index (χ2n) is 3.91. The maximum atomic E-state index is 11.9. The SMILES string of the molecule is COCCn1cc(NC(=O)c2cc(N)ccn2)cn1. The summed E-state index contributed by atoms with van der Waals surface area (Å²) >= 11 is 0. The number of nitrogens with two attached hydrogens (primary N) is 1. The largest absolute Gasteiger partial charge is 0.399 e. The Balaban J connectivity index is 2.00. The maximum Gasteiger partial charge on any atom is 0.274 e. The van der Waals surface area contributed by atoms with Crippen LogP contribution in [0.4, 0.5) is 11.4 Å². The van der Waals surface area contributed by atoms with Crippen LogP contribution in [0.25, 0.3) is 0 Å². The lowest BCUT2D eigenvalue weighted by molar-refractivity contribution is 0.102. The number of hydrogen-bond donors (Lipinski definition) is 2. The average molecular weight is 261 g/mol. The molecule has 0 aromatic carbocycles. The predicted molar refractivity (Wildman–Crippen MR) is 70.7 cm³/mol. The van der Waals surface area contributed by atoms with Crippen LogP contribution in [0.3, 0.4) is 0 Å². The van der Waals surface area contributed by atoms with Gasteiger partial charge in [0.05, 0.1) is 25.0 Å². The Morgan fingerprint density at radius 2 is 2.42 bits per heavy atom. The number of nitrogen functional groups attached to an aromatic ring is 1. The topological polar surface area (TPSA) is 95.1 Å². The Hall–Kier alpha value is -2.41. The number of carbonyl (C=O) groups is 1. The van der Waals surface area contributed by atoms with E-state index in [0.717, 1.165) is 0 Å². The molecule has 19 heavy (non-hydrogen) atoms. The molecule has 2 rings (SSSR count). The molecule has 0 spiro atoms. The minimum Gasteiger partial charge on any atom is -0.399 e. The van der Waals surface area contributed by atoms with Crippen LogP contribution in [0.5, 0.6) is 0 Å². The molecule has 2 aromatic heterocycles. The normalized spacial score (nSPS) is 10.4. The smallest absolute Gasteiger partial charge is 0.274 e. The van der Waals surface area contributed by atoms with Crippen molar-refractivity contribution in [3.05, 3.63) is 36.4 Å². The maximum absolute atomic E-state index is 11.9. The molecule has 2 heterocycles. The Morgan fingerprint density at radius 3 is 3.16 bits per heavy atom. The molecule has 7 heteroatoms. The van der Waals surface area contributed by atoms with E-state index in [1.54, 1.807) is 30.3 Å². The fraction of sp³-hybridized carbons (Fsp3) is 0.250. The standard InChI is InChI=1S/C12H15N5O2/c1-19-5-4-17-8-10(7-15-17)16-12(18)11-6-9(13)2-3-14-11/h2-3,6-8H,4-5H2,1H3,(H2,13,14)(H,16,18). The predicted octanol–water partition coefficient (Wildman–Crippen LogP) is 0.759. The number of methoxy groups -OCH3 is 1. The van der Waals surface area contributed by atoms with Crippen LogP contribution in [0.15, 0.2) is 30.7 Å². The molecule has 0 saturated carbocycles. The first-order valence-electron chi connectivity index (χ1n) is 5.73. The van der Waals surface area contributed by atoms with Gasteiger partial charge in [-0.15, -0.1) is 0 Å². The highest BCUT2D eigenvalue weighted by Crippen LogP contribution is 2.09. The van der Waals surface area contributed by atoms with Gasteiger partial charge in [0.25, 0.3) is 5.91 Å². The van der Waals surface area contributed by atoms with Crippen molar-refractivity contribution in [3.8, 4) is 0 Å². The second kappa shape index (κ2) is 5.96. The highest BCUT2D eigenvalue weighted by atomic mass is 16.5. The van der Waals surface area contributed by atoms with Gasteiger partial charge in [-0.3, -0.25) is 14.5 Å². The van der Waals surface area contributed by atoms with E-state index in [1.165, 1.54) is 12.3 Å². The quantitative estimate of drug-likeness (QED) is 0.828. The Morgan fingerprint density at radius 1 is 1.58 bits per heavy atom. The molecule has 0 fully saturated rings. The number of pyridine rings is 1. The van der Waals surface area contributed by atoms with E-state index in [4.69, 9.17) is 10.5 Å². The van der Waals surface area contributed by atoms with Crippen LogP contribution in [-0.4, -0.2) is 34.4 Å². The molecular weight excluding hydrogens is 246 g/mol. The number of hydrogen-bond acceptors (Lipinski definition) is 5. The molecule has 0 bridgehead atoms. The Kier molecular flexibility index (Phi) is 4.09. The van der Waals surface area contributed by atoms with E-state index in [-0.39, 0.29) is 11.6 Å². The molecule has 2 aromatic rings. The third-order valence-corrected chi connectivity index (χ3v) is 2.43. The zero-order valence-corrected chi connectivity index (χ0v) is 10.5. The van der Waals surface area contributed by atoms with Gasteiger partial charge in [0.15, 0.2) is 0 Å². The van der Waals surface area contributed by atoms with Crippen LogP contribution < -0.4 is 11.1 Å². The zero-order valence-electron chi connectivity index (χ0n) is 10.5. The number of nitrogens with one attached hydrogen (secondary N) is 1. The van der Waals surface area contributed by atoms with Crippen molar-refractivity contribution >= 4 is 17.3 Å². The van der Waals surface area contributed by atoms with Gasteiger partial charge in [0.1, 0.15) is 5.69 Å². The Labute approximate surface area is 110 Å². The summed E-state index contributed by atoms with van der Waals surface area (Å²) in [4.78, 5) is 15.9. The molecule has 0 aliphatic carbocycles. The van der Waals surface area contributed by atoms with Crippen molar-refractivity contribution in [2.45, 2.75) is 6.54 Å². The van der Waals surface area contributed by atoms with E-state index in [0.29, 0.717) is 24.5 Å². The van der Waals surface area contributed by atoms with Gasteiger partial charge in [-0.05, 0) is 12.1 Å². The van der Waals surface area contributed by atoms with Crippen LogP contribution in [0.2, 0.25) is 0 Å². The number of carbonyl (C=O) groups excluding carboxylic acids is 1. The summed E-state index contributed by atoms with van der Waals surface area (Å²) in [6.07, 6.45) is 4.79. The van der Waals surface area contributed by atoms with Gasteiger partial charge in [0, 0.05) is 25.2 Å². The molecule has 100 valence electrons. The zero-order chi connectivity index (χ0) is 13.7. The summed E-state index contributed by atoms with van der Waals surface area (Å²) in [7, 11) is 1.62. The van der Waals surface area contributed by atoms with Crippen molar-refractivity contribution in [1.82, 2.24) is 14.8 Å². The van der Waals surface area contributed by atoms with Gasteiger partial charge in [-0.2, -0.15) is 5.10 Å². The molecule has 0 radical (unpaired) electrons. The summed E-state index contributed by atoms with van der Waals surface area (Å²) in [5.41, 5.74) is 6.96. The van der Waals surface area contributed by atoms with Crippen LogP contribution in [0, 0.1) is 0 Å². The van der Waals surface area contributed by atoms with Crippen LogP contribution >= 0.6 is 0 Å². The van der Waals surface area contributed by atoms with Crippen molar-refractivity contribution < 1.29 is 9.53 Å². The summed E-state index contributed by atoms with van der Waals surface area (Å²) in [5, 5.41) is 6.80. The average Bonchev–Trinajstić information content (AvgIpc) is 2.84. The fourth-order valence-electron chi connectivity index (χ4n) is 1.50. The van der Waals surface area contributed by atoms with E-state index in [9.17, 15) is 4.79 Å². The number of aromatic nitrogens is 3. The van der Waals surface area contributed by atoms with Gasteiger partial charge in [-0.25, -0.2) is 0 Å². The fourth-order valence-corrected chi connectivity index (χ4v) is 1.50. The molecule has 0 unspecified atom stereocenters. The van der Waals surface area contributed by atoms with E-state index >= 15 is 0 Å². The molecule has 7 nitrogen and oxygen atoms in total. The highest BCUT2D eigenvalue weighted by molar-refractivity contribution is 6.03. The first-order valence-corrected chi connectivity index (χ1v) is 5.73. The number of nitrogens with zero attached hydrogens (tertiary/aromatic N) is 3. The lowest BCUT2D eigenvalue weighted by atomic mass is 10.3. The molecule has 0 saturated heterocycles. The Bertz CT molecular complexity index is 567. The first kappa shape index (κ1) is 13.0. The highest BCUT2D eigenvalue weighted by Gasteiger charge is 2.09. The number of anilines is 2. The third kappa shape index (κ3) is 3.52. The monoisotopic (exact) mass is 261 g/mol. The summed E-state index contributed by atoms with van der Waals surface area (Å²) in [6, 6.07) is 3.14. The van der Waals surface area contributed by atoms with Gasteiger partial charge >= 0.3 is 0 Å². The number of ether oxygens (including phenoxy) is 1. The first-order chi connectivity index (χ1) is 9.19.